The normalized spacial score (nSPS) is 9.30. The molecule has 0 saturated carbocycles. The summed E-state index contributed by atoms with van der Waals surface area (Å²) in [5.41, 5.74) is 8.50. The van der Waals surface area contributed by atoms with E-state index < -0.39 is 0 Å². The van der Waals surface area contributed by atoms with E-state index in [-0.39, 0.29) is 21.7 Å². The largest absolute Gasteiger partial charge is 0.508 e. The standard InChI is InChI=1S/4C8H10O.Ti/c4*1-6-3-4-8(9)7(2)5-6;/h4*3-5,9H,1-2H3;. The molecule has 4 N–H and O–H groups in total. The van der Waals surface area contributed by atoms with Gasteiger partial charge < -0.3 is 20.4 Å². The van der Waals surface area contributed by atoms with Crippen molar-refractivity contribution < 1.29 is 42.1 Å². The van der Waals surface area contributed by atoms with Gasteiger partial charge in [0, 0.05) is 21.7 Å². The molecule has 0 aliphatic carbocycles. The molecule has 0 heterocycles. The van der Waals surface area contributed by atoms with Crippen molar-refractivity contribution in [1.82, 2.24) is 0 Å². The van der Waals surface area contributed by atoms with Crippen LogP contribution < -0.4 is 0 Å². The summed E-state index contributed by atoms with van der Waals surface area (Å²) in [6.07, 6.45) is 0. The van der Waals surface area contributed by atoms with Gasteiger partial charge in [-0.05, 0) is 102 Å². The third kappa shape index (κ3) is 13.1. The van der Waals surface area contributed by atoms with Crippen LogP contribution in [0, 0.1) is 55.4 Å². The first kappa shape index (κ1) is 33.8. The van der Waals surface area contributed by atoms with Crippen LogP contribution in [0.1, 0.15) is 44.5 Å². The molecular weight excluding hydrogens is 496 g/mol. The van der Waals surface area contributed by atoms with Crippen LogP contribution >= 0.6 is 0 Å². The van der Waals surface area contributed by atoms with Gasteiger partial charge in [0.05, 0.1) is 0 Å². The van der Waals surface area contributed by atoms with E-state index in [2.05, 4.69) is 0 Å². The van der Waals surface area contributed by atoms with Gasteiger partial charge in [0.15, 0.2) is 0 Å². The summed E-state index contributed by atoms with van der Waals surface area (Å²) in [5.74, 6) is 1.50. The van der Waals surface area contributed by atoms with E-state index >= 15 is 0 Å². The van der Waals surface area contributed by atoms with Crippen LogP contribution in [0.5, 0.6) is 23.0 Å². The molecule has 0 radical (unpaired) electrons. The number of aromatic hydroxyl groups is 4. The van der Waals surface area contributed by atoms with E-state index in [0.29, 0.717) is 23.0 Å². The SMILES string of the molecule is Cc1ccc(O)c(C)c1.Cc1ccc(O)c(C)c1.Cc1ccc(O)c(C)c1.Cc1ccc(O)c(C)c1.[Ti]. The first-order chi connectivity index (χ1) is 16.8. The van der Waals surface area contributed by atoms with Crippen molar-refractivity contribution in [3.63, 3.8) is 0 Å². The van der Waals surface area contributed by atoms with Crippen molar-refractivity contribution in [3.8, 4) is 23.0 Å². The van der Waals surface area contributed by atoms with Crippen LogP contribution in [0.3, 0.4) is 0 Å². The number of benzene rings is 4. The van der Waals surface area contributed by atoms with Gasteiger partial charge in [0.25, 0.3) is 0 Å². The van der Waals surface area contributed by atoms with Crippen LogP contribution in [0.2, 0.25) is 0 Å². The molecule has 196 valence electrons. The predicted octanol–water partition coefficient (Wildman–Crippen LogP) is 8.03. The second kappa shape index (κ2) is 16.5. The maximum atomic E-state index is 9.04. The van der Waals surface area contributed by atoms with Gasteiger partial charge in [-0.1, -0.05) is 70.8 Å². The number of rotatable bonds is 0. The quantitative estimate of drug-likeness (QED) is 0.172. The molecule has 0 amide bonds. The monoisotopic (exact) mass is 536 g/mol. The molecule has 0 aliphatic rings. The van der Waals surface area contributed by atoms with E-state index in [1.807, 2.05) is 104 Å². The molecule has 0 bridgehead atoms. The molecule has 4 aromatic carbocycles. The maximum absolute atomic E-state index is 9.04. The Kier molecular flexibility index (Phi) is 15.1. The number of phenolic OH excluding ortho intramolecular Hbond substituents is 4. The van der Waals surface area contributed by atoms with E-state index in [1.165, 1.54) is 22.3 Å². The van der Waals surface area contributed by atoms with E-state index in [1.54, 1.807) is 24.3 Å². The molecule has 4 nitrogen and oxygen atoms in total. The third-order valence-electron chi connectivity index (χ3n) is 5.41. The Morgan fingerprint density at radius 2 is 0.486 bits per heavy atom. The molecule has 0 aromatic heterocycles. The van der Waals surface area contributed by atoms with Crippen molar-refractivity contribution in [1.29, 1.82) is 0 Å². The minimum absolute atomic E-state index is 0. The van der Waals surface area contributed by atoms with E-state index in [4.69, 9.17) is 20.4 Å². The Hall–Kier alpha value is -3.21. The van der Waals surface area contributed by atoms with Gasteiger partial charge in [-0.3, -0.25) is 0 Å². The van der Waals surface area contributed by atoms with Crippen LogP contribution in [-0.4, -0.2) is 20.4 Å². The summed E-state index contributed by atoms with van der Waals surface area (Å²) in [5, 5.41) is 36.2. The van der Waals surface area contributed by atoms with Crippen molar-refractivity contribution in [3.05, 3.63) is 117 Å². The maximum Gasteiger partial charge on any atom is 0.118 e. The number of aryl methyl sites for hydroxylation is 8. The van der Waals surface area contributed by atoms with E-state index in [0.717, 1.165) is 22.3 Å². The molecular formula is C32H40O4Ti. The van der Waals surface area contributed by atoms with Crippen LogP contribution in [-0.2, 0) is 21.7 Å². The number of phenols is 4. The van der Waals surface area contributed by atoms with Gasteiger partial charge in [0.2, 0.25) is 0 Å². The topological polar surface area (TPSA) is 80.9 Å². The van der Waals surface area contributed by atoms with Crippen molar-refractivity contribution >= 4 is 0 Å². The Labute approximate surface area is 237 Å². The average Bonchev–Trinajstić information content (AvgIpc) is 2.81. The third-order valence-corrected chi connectivity index (χ3v) is 5.41. The summed E-state index contributed by atoms with van der Waals surface area (Å²) >= 11 is 0. The van der Waals surface area contributed by atoms with Crippen molar-refractivity contribution in [2.24, 2.45) is 0 Å². The second-order valence-corrected chi connectivity index (χ2v) is 9.16. The number of hydrogen-bond donors (Lipinski definition) is 4. The molecule has 0 unspecified atom stereocenters. The Bertz CT molecular complexity index is 1070. The smallest absolute Gasteiger partial charge is 0.118 e. The molecule has 4 rings (SSSR count). The zero-order valence-electron chi connectivity index (χ0n) is 23.2. The van der Waals surface area contributed by atoms with E-state index in [9.17, 15) is 0 Å². The fraction of sp³-hybridized carbons (Fsp3) is 0.250. The molecule has 5 heteroatoms. The van der Waals surface area contributed by atoms with Gasteiger partial charge in [-0.25, -0.2) is 0 Å². The summed E-state index contributed by atoms with van der Waals surface area (Å²) in [4.78, 5) is 0. The molecule has 0 saturated heterocycles. The second-order valence-electron chi connectivity index (χ2n) is 9.16. The minimum atomic E-state index is 0. The summed E-state index contributed by atoms with van der Waals surface area (Å²) in [6.45, 7) is 15.6. The Morgan fingerprint density at radius 3 is 0.595 bits per heavy atom. The summed E-state index contributed by atoms with van der Waals surface area (Å²) in [6, 6.07) is 22.2. The minimum Gasteiger partial charge on any atom is -0.508 e. The Morgan fingerprint density at radius 1 is 0.324 bits per heavy atom. The van der Waals surface area contributed by atoms with Crippen LogP contribution in [0.15, 0.2) is 72.8 Å². The molecule has 0 atom stereocenters. The van der Waals surface area contributed by atoms with Gasteiger partial charge in [-0.15, -0.1) is 0 Å². The zero-order valence-corrected chi connectivity index (χ0v) is 24.8. The van der Waals surface area contributed by atoms with Gasteiger partial charge >= 0.3 is 0 Å². The molecule has 0 spiro atoms. The van der Waals surface area contributed by atoms with Crippen molar-refractivity contribution in [2.45, 2.75) is 55.4 Å². The fourth-order valence-electron chi connectivity index (χ4n) is 3.22. The van der Waals surface area contributed by atoms with Gasteiger partial charge in [-0.2, -0.15) is 0 Å². The van der Waals surface area contributed by atoms with Gasteiger partial charge in [0.1, 0.15) is 23.0 Å². The molecule has 0 fully saturated rings. The average molecular weight is 537 g/mol. The molecule has 0 aliphatic heterocycles. The fourth-order valence-corrected chi connectivity index (χ4v) is 3.22. The summed E-state index contributed by atoms with van der Waals surface area (Å²) in [7, 11) is 0. The summed E-state index contributed by atoms with van der Waals surface area (Å²) < 4.78 is 0. The Balaban J connectivity index is 0.000000463. The zero-order chi connectivity index (χ0) is 27.4. The molecule has 37 heavy (non-hydrogen) atoms. The van der Waals surface area contributed by atoms with Crippen LogP contribution in [0.25, 0.3) is 0 Å². The van der Waals surface area contributed by atoms with Crippen LogP contribution in [0.4, 0.5) is 0 Å². The predicted molar refractivity (Wildman–Crippen MR) is 150 cm³/mol. The molecule has 4 aromatic rings. The van der Waals surface area contributed by atoms with Crippen molar-refractivity contribution in [2.75, 3.05) is 0 Å². The number of hydrogen-bond acceptors (Lipinski definition) is 4. The first-order valence-electron chi connectivity index (χ1n) is 11.8. The first-order valence-corrected chi connectivity index (χ1v) is 11.8.